The van der Waals surface area contributed by atoms with E-state index in [0.29, 0.717) is 27.4 Å². The number of nitrogens with one attached hydrogen (secondary N) is 1. The van der Waals surface area contributed by atoms with Crippen LogP contribution in [0.2, 0.25) is 10.0 Å². The summed E-state index contributed by atoms with van der Waals surface area (Å²) in [4.78, 5) is 11.1. The van der Waals surface area contributed by atoms with Gasteiger partial charge in [-0.25, -0.2) is 9.97 Å². The zero-order valence-corrected chi connectivity index (χ0v) is 21.2. The molecule has 0 aliphatic carbocycles. The molecule has 36 heavy (non-hydrogen) atoms. The molecule has 0 bridgehead atoms. The maximum absolute atomic E-state index is 9.89. The number of aromatic nitrogens is 2. The Morgan fingerprint density at radius 2 is 1.86 bits per heavy atom. The molecule has 1 atom stereocenters. The maximum atomic E-state index is 9.89. The highest BCUT2D eigenvalue weighted by Crippen LogP contribution is 2.39. The lowest BCUT2D eigenvalue weighted by Crippen LogP contribution is -2.26. The summed E-state index contributed by atoms with van der Waals surface area (Å²) in [6.45, 7) is 2.79. The van der Waals surface area contributed by atoms with Gasteiger partial charge in [0.2, 0.25) is 0 Å². The van der Waals surface area contributed by atoms with Crippen LogP contribution in [0.3, 0.4) is 0 Å². The Bertz CT molecular complexity index is 1460. The number of nitrogens with two attached hydrogens (primary N) is 1. The Hall–Kier alpha value is -3.79. The summed E-state index contributed by atoms with van der Waals surface area (Å²) in [6, 6.07) is 21.6. The van der Waals surface area contributed by atoms with E-state index in [4.69, 9.17) is 28.9 Å². The van der Waals surface area contributed by atoms with Crippen LogP contribution in [0, 0.1) is 18.3 Å². The third-order valence-electron chi connectivity index (χ3n) is 6.47. The number of hydrogen-bond donors (Lipinski definition) is 2. The van der Waals surface area contributed by atoms with Crippen LogP contribution >= 0.6 is 23.2 Å². The summed E-state index contributed by atoms with van der Waals surface area (Å²) in [6.07, 6.45) is 3.57. The molecule has 2 heterocycles. The first kappa shape index (κ1) is 23.9. The van der Waals surface area contributed by atoms with Crippen LogP contribution in [0.5, 0.6) is 0 Å². The maximum Gasteiger partial charge on any atom is 0.161 e. The minimum atomic E-state index is -0.516. The number of anilines is 5. The van der Waals surface area contributed by atoms with Gasteiger partial charge in [-0.05, 0) is 66.3 Å². The van der Waals surface area contributed by atoms with Crippen molar-refractivity contribution < 1.29 is 0 Å². The SMILES string of the molecule is Cc1cc(C(C#N)c2ccc(Cl)cc2)c(Cl)cc1Nc1ncnc(N2CCCc3ccccc32)c1N. The van der Waals surface area contributed by atoms with E-state index in [1.54, 1.807) is 12.1 Å². The van der Waals surface area contributed by atoms with E-state index in [9.17, 15) is 5.26 Å². The Labute approximate surface area is 220 Å². The molecule has 0 fully saturated rings. The van der Waals surface area contributed by atoms with Gasteiger partial charge in [0.15, 0.2) is 11.6 Å². The number of nitrogen functional groups attached to an aromatic ring is 1. The monoisotopic (exact) mass is 514 g/mol. The Balaban J connectivity index is 1.46. The minimum Gasteiger partial charge on any atom is -0.393 e. The largest absolute Gasteiger partial charge is 0.393 e. The van der Waals surface area contributed by atoms with Gasteiger partial charge in [-0.3, -0.25) is 0 Å². The highest BCUT2D eigenvalue weighted by molar-refractivity contribution is 6.32. The summed E-state index contributed by atoms with van der Waals surface area (Å²) in [7, 11) is 0. The number of hydrogen-bond acceptors (Lipinski definition) is 6. The van der Waals surface area contributed by atoms with Gasteiger partial charge in [0.25, 0.3) is 0 Å². The first-order valence-electron chi connectivity index (χ1n) is 11.6. The van der Waals surface area contributed by atoms with E-state index < -0.39 is 5.92 Å². The Morgan fingerprint density at radius 3 is 2.64 bits per heavy atom. The molecule has 0 amide bonds. The second-order valence-electron chi connectivity index (χ2n) is 8.77. The molecule has 1 unspecified atom stereocenters. The van der Waals surface area contributed by atoms with E-state index in [2.05, 4.69) is 44.5 Å². The van der Waals surface area contributed by atoms with Crippen LogP contribution < -0.4 is 16.0 Å². The lowest BCUT2D eigenvalue weighted by atomic mass is 9.91. The molecule has 4 aromatic rings. The van der Waals surface area contributed by atoms with E-state index in [0.717, 1.165) is 47.5 Å². The highest BCUT2D eigenvalue weighted by Gasteiger charge is 2.23. The molecule has 0 saturated heterocycles. The van der Waals surface area contributed by atoms with E-state index >= 15 is 0 Å². The smallest absolute Gasteiger partial charge is 0.161 e. The predicted octanol–water partition coefficient (Wildman–Crippen LogP) is 7.16. The molecule has 0 saturated carbocycles. The second-order valence-corrected chi connectivity index (χ2v) is 9.61. The fourth-order valence-electron chi connectivity index (χ4n) is 4.62. The number of benzene rings is 3. The molecule has 1 aromatic heterocycles. The van der Waals surface area contributed by atoms with Crippen molar-refractivity contribution in [2.24, 2.45) is 0 Å². The average molecular weight is 515 g/mol. The fourth-order valence-corrected chi connectivity index (χ4v) is 5.02. The number of halogens is 2. The van der Waals surface area contributed by atoms with Crippen LogP contribution in [0.25, 0.3) is 0 Å². The number of para-hydroxylation sites is 1. The zero-order chi connectivity index (χ0) is 25.2. The molecule has 180 valence electrons. The van der Waals surface area contributed by atoms with Crippen LogP contribution in [0.4, 0.5) is 28.7 Å². The number of fused-ring (bicyclic) bond motifs is 1. The van der Waals surface area contributed by atoms with Crippen molar-refractivity contribution in [3.05, 3.63) is 99.3 Å². The van der Waals surface area contributed by atoms with Crippen molar-refractivity contribution in [3.63, 3.8) is 0 Å². The van der Waals surface area contributed by atoms with E-state index in [1.165, 1.54) is 11.9 Å². The summed E-state index contributed by atoms with van der Waals surface area (Å²) in [5, 5.41) is 14.3. The third kappa shape index (κ3) is 4.56. The topological polar surface area (TPSA) is 90.9 Å². The molecular weight excluding hydrogens is 491 g/mol. The predicted molar refractivity (Wildman–Crippen MR) is 147 cm³/mol. The van der Waals surface area contributed by atoms with Crippen LogP contribution in [0.15, 0.2) is 67.0 Å². The molecule has 1 aliphatic rings. The third-order valence-corrected chi connectivity index (χ3v) is 7.05. The quantitative estimate of drug-likeness (QED) is 0.293. The van der Waals surface area contributed by atoms with Gasteiger partial charge in [0, 0.05) is 28.0 Å². The van der Waals surface area contributed by atoms with Crippen molar-refractivity contribution in [2.45, 2.75) is 25.7 Å². The van der Waals surface area contributed by atoms with Crippen LogP contribution in [-0.4, -0.2) is 16.5 Å². The summed E-state index contributed by atoms with van der Waals surface area (Å²) < 4.78 is 0. The summed E-state index contributed by atoms with van der Waals surface area (Å²) in [5.41, 5.74) is 12.7. The fraction of sp³-hybridized carbons (Fsp3) is 0.179. The van der Waals surface area contributed by atoms with Crippen LogP contribution in [-0.2, 0) is 6.42 Å². The zero-order valence-electron chi connectivity index (χ0n) is 19.7. The molecule has 8 heteroatoms. The molecule has 5 rings (SSSR count). The van der Waals surface area contributed by atoms with E-state index in [1.807, 2.05) is 37.3 Å². The van der Waals surface area contributed by atoms with Gasteiger partial charge in [-0.15, -0.1) is 0 Å². The molecule has 3 N–H and O–H groups in total. The normalized spacial score (nSPS) is 13.6. The van der Waals surface area contributed by atoms with Crippen LogP contribution in [0.1, 0.15) is 34.6 Å². The highest BCUT2D eigenvalue weighted by atomic mass is 35.5. The summed E-state index contributed by atoms with van der Waals surface area (Å²) >= 11 is 12.7. The average Bonchev–Trinajstić information content (AvgIpc) is 2.89. The van der Waals surface area contributed by atoms with Gasteiger partial charge in [0.1, 0.15) is 12.0 Å². The first-order valence-corrected chi connectivity index (χ1v) is 12.4. The lowest BCUT2D eigenvalue weighted by molar-refractivity contribution is 0.759. The van der Waals surface area contributed by atoms with Crippen molar-refractivity contribution in [2.75, 3.05) is 22.5 Å². The molecule has 3 aromatic carbocycles. The van der Waals surface area contributed by atoms with Crippen molar-refractivity contribution >= 4 is 51.9 Å². The molecular formula is C28H24Cl2N6. The first-order chi connectivity index (χ1) is 17.5. The van der Waals surface area contributed by atoms with Gasteiger partial charge in [0.05, 0.1) is 12.0 Å². The molecule has 0 spiro atoms. The number of nitriles is 1. The van der Waals surface area contributed by atoms with Crippen molar-refractivity contribution in [3.8, 4) is 6.07 Å². The second kappa shape index (κ2) is 10.1. The van der Waals surface area contributed by atoms with Gasteiger partial charge in [-0.1, -0.05) is 59.6 Å². The number of nitrogens with zero attached hydrogens (tertiary/aromatic N) is 4. The van der Waals surface area contributed by atoms with Gasteiger partial charge in [-0.2, -0.15) is 5.26 Å². The Morgan fingerprint density at radius 1 is 1.08 bits per heavy atom. The van der Waals surface area contributed by atoms with Crippen molar-refractivity contribution in [1.29, 1.82) is 5.26 Å². The van der Waals surface area contributed by atoms with Crippen molar-refractivity contribution in [1.82, 2.24) is 9.97 Å². The Kier molecular flexibility index (Phi) is 6.69. The van der Waals surface area contributed by atoms with Gasteiger partial charge >= 0.3 is 0 Å². The van der Waals surface area contributed by atoms with E-state index in [-0.39, 0.29) is 0 Å². The minimum absolute atomic E-state index is 0.463. The molecule has 0 radical (unpaired) electrons. The molecule has 1 aliphatic heterocycles. The molecule has 6 nitrogen and oxygen atoms in total. The standard InChI is InChI=1S/C28H24Cl2N6/c1-17-13-21(22(15-31)18-8-10-20(29)11-9-18)23(30)14-24(17)35-27-26(32)28(34-16-33-27)36-12-4-6-19-5-2-3-7-25(19)36/h2-3,5,7-11,13-14,16,22H,4,6,12,32H2,1H3,(H,33,34,35). The lowest BCUT2D eigenvalue weighted by Gasteiger charge is -2.31. The summed E-state index contributed by atoms with van der Waals surface area (Å²) in [5.74, 6) is 0.661. The van der Waals surface area contributed by atoms with Gasteiger partial charge < -0.3 is 16.0 Å². The number of rotatable bonds is 5. The number of aryl methyl sites for hydroxylation is 2.